The number of aromatic nitrogens is 1. The van der Waals surface area contributed by atoms with Crippen LogP contribution in [0.5, 0.6) is 0 Å². The Kier molecular flexibility index (Phi) is 3.20. The van der Waals surface area contributed by atoms with E-state index in [1.807, 2.05) is 13.0 Å². The zero-order valence-electron chi connectivity index (χ0n) is 12.3. The predicted octanol–water partition coefficient (Wildman–Crippen LogP) is 1.70. The van der Waals surface area contributed by atoms with Crippen molar-refractivity contribution >= 4 is 35.2 Å². The maximum atomic E-state index is 12.2. The van der Waals surface area contributed by atoms with E-state index in [-0.39, 0.29) is 16.6 Å². The van der Waals surface area contributed by atoms with Gasteiger partial charge in [0.25, 0.3) is 11.8 Å². The van der Waals surface area contributed by atoms with Gasteiger partial charge in [-0.05, 0) is 56.6 Å². The molecule has 1 aliphatic heterocycles. The third-order valence-electron chi connectivity index (χ3n) is 4.04. The first-order valence-electron chi connectivity index (χ1n) is 6.93. The third-order valence-corrected chi connectivity index (χ3v) is 4.42. The Balaban J connectivity index is 2.01. The molecule has 0 radical (unpaired) electrons. The fourth-order valence-electron chi connectivity index (χ4n) is 2.74. The Bertz CT molecular complexity index is 698. The van der Waals surface area contributed by atoms with Crippen molar-refractivity contribution in [3.05, 3.63) is 28.6 Å². The second-order valence-corrected chi connectivity index (χ2v) is 6.00. The van der Waals surface area contributed by atoms with Crippen LogP contribution in [0.4, 0.5) is 0 Å². The highest BCUT2D eigenvalue weighted by molar-refractivity contribution is 7.80. The molecule has 0 unspecified atom stereocenters. The summed E-state index contributed by atoms with van der Waals surface area (Å²) in [6, 6.07) is 2.59. The summed E-state index contributed by atoms with van der Waals surface area (Å²) in [6.07, 6.45) is 4.06. The average Bonchev–Trinajstić information content (AvgIpc) is 3.20. The largest absolute Gasteiger partial charge is 0.346 e. The minimum Gasteiger partial charge on any atom is -0.346 e. The first-order valence-corrected chi connectivity index (χ1v) is 7.34. The molecule has 1 N–H and O–H groups in total. The van der Waals surface area contributed by atoms with Crippen LogP contribution in [0.3, 0.4) is 0 Å². The van der Waals surface area contributed by atoms with E-state index in [4.69, 9.17) is 12.2 Å². The number of hydrogen-bond acceptors (Lipinski definition) is 3. The molecule has 1 aromatic rings. The van der Waals surface area contributed by atoms with Crippen LogP contribution in [-0.4, -0.2) is 33.4 Å². The Morgan fingerprint density at radius 3 is 2.62 bits per heavy atom. The maximum Gasteiger partial charge on any atom is 0.265 e. The molecular weight excluding hydrogens is 286 g/mol. The Hall–Kier alpha value is -1.95. The van der Waals surface area contributed by atoms with E-state index in [0.29, 0.717) is 6.04 Å². The van der Waals surface area contributed by atoms with E-state index in [2.05, 4.69) is 16.8 Å². The summed E-state index contributed by atoms with van der Waals surface area (Å²) in [5.74, 6) is -0.792. The average molecular weight is 303 g/mol. The molecule has 3 rings (SSSR count). The fourth-order valence-corrected chi connectivity index (χ4v) is 2.92. The lowest BCUT2D eigenvalue weighted by Gasteiger charge is -2.25. The van der Waals surface area contributed by atoms with Gasteiger partial charge in [-0.15, -0.1) is 0 Å². The van der Waals surface area contributed by atoms with E-state index in [0.717, 1.165) is 17.0 Å². The van der Waals surface area contributed by atoms with Crippen molar-refractivity contribution < 1.29 is 9.59 Å². The number of rotatable bonds is 2. The zero-order valence-corrected chi connectivity index (χ0v) is 13.1. The van der Waals surface area contributed by atoms with E-state index in [9.17, 15) is 9.59 Å². The van der Waals surface area contributed by atoms with Crippen molar-refractivity contribution in [1.82, 2.24) is 14.8 Å². The van der Waals surface area contributed by atoms with Crippen LogP contribution in [0.15, 0.2) is 11.6 Å². The van der Waals surface area contributed by atoms with Crippen molar-refractivity contribution in [3.8, 4) is 0 Å². The minimum atomic E-state index is -0.431. The summed E-state index contributed by atoms with van der Waals surface area (Å²) in [5, 5.41) is 2.67. The molecule has 1 aromatic heterocycles. The van der Waals surface area contributed by atoms with Gasteiger partial charge in [0, 0.05) is 24.5 Å². The summed E-state index contributed by atoms with van der Waals surface area (Å²) in [7, 11) is 1.56. The van der Waals surface area contributed by atoms with E-state index in [1.165, 1.54) is 17.7 Å². The molecule has 0 bridgehead atoms. The number of aryl methyl sites for hydroxylation is 1. The number of thiocarbonyl (C=S) groups is 1. The van der Waals surface area contributed by atoms with Crippen LogP contribution in [-0.2, 0) is 9.59 Å². The van der Waals surface area contributed by atoms with Crippen LogP contribution in [0.1, 0.15) is 35.8 Å². The number of carbonyl (C=O) groups excluding carboxylic acids is 2. The molecule has 5 nitrogen and oxygen atoms in total. The van der Waals surface area contributed by atoms with Gasteiger partial charge in [0.2, 0.25) is 0 Å². The molecule has 0 spiro atoms. The lowest BCUT2D eigenvalue weighted by Crippen LogP contribution is -2.52. The maximum absolute atomic E-state index is 12.2. The normalized spacial score (nSPS) is 21.2. The number of nitrogens with one attached hydrogen (secondary N) is 1. The smallest absolute Gasteiger partial charge is 0.265 e. The third kappa shape index (κ3) is 2.29. The summed E-state index contributed by atoms with van der Waals surface area (Å²) < 4.78 is 2.28. The van der Waals surface area contributed by atoms with Gasteiger partial charge in [-0.3, -0.25) is 19.8 Å². The highest BCUT2D eigenvalue weighted by atomic mass is 32.1. The number of carbonyl (C=O) groups is 2. The Morgan fingerprint density at radius 1 is 1.33 bits per heavy atom. The van der Waals surface area contributed by atoms with Gasteiger partial charge in [0.05, 0.1) is 0 Å². The summed E-state index contributed by atoms with van der Waals surface area (Å²) in [4.78, 5) is 25.5. The lowest BCUT2D eigenvalue weighted by atomic mass is 10.1. The predicted molar refractivity (Wildman–Crippen MR) is 83.7 cm³/mol. The number of hydrogen-bond donors (Lipinski definition) is 1. The molecule has 1 saturated carbocycles. The standard InChI is InChI=1S/C15H17N3O2S/c1-8-6-10(9(2)18(8)11-4-5-11)7-12-13(19)16-15(21)17(3)14(12)20/h6-7,11H,4-5H2,1-3H3,(H,16,19,21). The van der Waals surface area contributed by atoms with Crippen LogP contribution in [0.25, 0.3) is 6.08 Å². The quantitative estimate of drug-likeness (QED) is 0.514. The van der Waals surface area contributed by atoms with Crippen molar-refractivity contribution in [1.29, 1.82) is 0 Å². The van der Waals surface area contributed by atoms with Crippen molar-refractivity contribution in [2.45, 2.75) is 32.7 Å². The molecule has 2 aliphatic rings. The summed E-state index contributed by atoms with van der Waals surface area (Å²) in [6.45, 7) is 4.08. The van der Waals surface area contributed by atoms with Crippen LogP contribution < -0.4 is 5.32 Å². The molecule has 2 heterocycles. The highest BCUT2D eigenvalue weighted by Gasteiger charge is 2.32. The zero-order chi connectivity index (χ0) is 15.3. The molecule has 2 amide bonds. The van der Waals surface area contributed by atoms with Gasteiger partial charge < -0.3 is 4.57 Å². The van der Waals surface area contributed by atoms with Gasteiger partial charge in [0.1, 0.15) is 5.57 Å². The Labute approximate surface area is 128 Å². The molecule has 1 saturated heterocycles. The molecular formula is C15H17N3O2S. The topological polar surface area (TPSA) is 54.3 Å². The fraction of sp³-hybridized carbons (Fsp3) is 0.400. The van der Waals surface area contributed by atoms with E-state index >= 15 is 0 Å². The highest BCUT2D eigenvalue weighted by Crippen LogP contribution is 2.38. The molecule has 0 atom stereocenters. The second-order valence-electron chi connectivity index (χ2n) is 5.61. The molecule has 6 heteroatoms. The molecule has 21 heavy (non-hydrogen) atoms. The lowest BCUT2D eigenvalue weighted by molar-refractivity contribution is -0.128. The van der Waals surface area contributed by atoms with E-state index < -0.39 is 5.91 Å². The van der Waals surface area contributed by atoms with Crippen LogP contribution in [0.2, 0.25) is 0 Å². The Morgan fingerprint density at radius 2 is 2.00 bits per heavy atom. The first kappa shape index (κ1) is 14.0. The molecule has 0 aromatic carbocycles. The van der Waals surface area contributed by atoms with Gasteiger partial charge in [0.15, 0.2) is 5.11 Å². The van der Waals surface area contributed by atoms with Crippen molar-refractivity contribution in [2.75, 3.05) is 7.05 Å². The van der Waals surface area contributed by atoms with Gasteiger partial charge in [-0.25, -0.2) is 0 Å². The second kappa shape index (κ2) is 4.80. The van der Waals surface area contributed by atoms with Crippen molar-refractivity contribution in [3.63, 3.8) is 0 Å². The summed E-state index contributed by atoms with van der Waals surface area (Å²) in [5.41, 5.74) is 3.30. The monoisotopic (exact) mass is 303 g/mol. The molecule has 2 fully saturated rings. The molecule has 110 valence electrons. The SMILES string of the molecule is Cc1cc(C=C2C(=O)NC(=S)N(C)C2=O)c(C)n1C1CC1. The van der Waals surface area contributed by atoms with E-state index in [1.54, 1.807) is 13.1 Å². The van der Waals surface area contributed by atoms with Crippen LogP contribution in [0, 0.1) is 13.8 Å². The number of nitrogens with zero attached hydrogens (tertiary/aromatic N) is 2. The minimum absolute atomic E-state index is 0.127. The summed E-state index contributed by atoms with van der Waals surface area (Å²) >= 11 is 4.94. The number of amides is 2. The van der Waals surface area contributed by atoms with Crippen LogP contribution >= 0.6 is 12.2 Å². The van der Waals surface area contributed by atoms with Gasteiger partial charge in [-0.2, -0.15) is 0 Å². The van der Waals surface area contributed by atoms with Crippen molar-refractivity contribution in [2.24, 2.45) is 0 Å². The first-order chi connectivity index (χ1) is 9.90. The van der Waals surface area contributed by atoms with Gasteiger partial charge in [-0.1, -0.05) is 0 Å². The molecule has 1 aliphatic carbocycles. The number of likely N-dealkylation sites (N-methyl/N-ethyl adjacent to an activating group) is 1. The van der Waals surface area contributed by atoms with Gasteiger partial charge >= 0.3 is 0 Å².